The Morgan fingerprint density at radius 3 is 2.30 bits per heavy atom. The van der Waals surface area contributed by atoms with Crippen LogP contribution >= 0.6 is 11.3 Å². The molecular formula is C22H19FN2O4S. The molecule has 2 amide bonds. The molecule has 3 aromatic rings. The predicted octanol–water partition coefficient (Wildman–Crippen LogP) is 4.80. The molecule has 30 heavy (non-hydrogen) atoms. The average Bonchev–Trinajstić information content (AvgIpc) is 3.05. The van der Waals surface area contributed by atoms with Gasteiger partial charge in [-0.3, -0.25) is 9.59 Å². The van der Waals surface area contributed by atoms with Crippen molar-refractivity contribution >= 4 is 39.8 Å². The Kier molecular flexibility index (Phi) is 6.27. The molecule has 6 nitrogen and oxygen atoms in total. The van der Waals surface area contributed by atoms with Gasteiger partial charge in [-0.05, 0) is 55.8 Å². The van der Waals surface area contributed by atoms with Crippen molar-refractivity contribution in [1.82, 2.24) is 0 Å². The molecule has 0 unspecified atom stereocenters. The molecule has 0 saturated carbocycles. The fourth-order valence-electron chi connectivity index (χ4n) is 2.85. The molecule has 0 radical (unpaired) electrons. The first-order valence-electron chi connectivity index (χ1n) is 8.96. The van der Waals surface area contributed by atoms with Gasteiger partial charge in [-0.1, -0.05) is 17.7 Å². The fourth-order valence-corrected chi connectivity index (χ4v) is 3.93. The number of anilines is 2. The molecule has 0 aliphatic heterocycles. The molecule has 1 heterocycles. The fraction of sp³-hybridized carbons (Fsp3) is 0.136. The van der Waals surface area contributed by atoms with Crippen LogP contribution in [0.2, 0.25) is 0 Å². The van der Waals surface area contributed by atoms with Crippen LogP contribution in [-0.4, -0.2) is 24.9 Å². The Morgan fingerprint density at radius 2 is 1.67 bits per heavy atom. The maximum absolute atomic E-state index is 13.1. The lowest BCUT2D eigenvalue weighted by atomic mass is 10.1. The van der Waals surface area contributed by atoms with Gasteiger partial charge in [-0.2, -0.15) is 0 Å². The number of nitrogens with one attached hydrogen (secondary N) is 2. The van der Waals surface area contributed by atoms with Crippen molar-refractivity contribution in [3.05, 3.63) is 81.5 Å². The lowest BCUT2D eigenvalue weighted by Gasteiger charge is -2.06. The van der Waals surface area contributed by atoms with E-state index < -0.39 is 23.6 Å². The summed E-state index contributed by atoms with van der Waals surface area (Å²) in [5.74, 6) is -1.97. The van der Waals surface area contributed by atoms with Crippen molar-refractivity contribution in [3.63, 3.8) is 0 Å². The number of esters is 1. The molecule has 0 fully saturated rings. The maximum atomic E-state index is 13.1. The van der Waals surface area contributed by atoms with Crippen molar-refractivity contribution in [2.45, 2.75) is 13.8 Å². The minimum absolute atomic E-state index is 0.118. The molecule has 2 aromatic carbocycles. The summed E-state index contributed by atoms with van der Waals surface area (Å²) in [6.45, 7) is 3.47. The van der Waals surface area contributed by atoms with Gasteiger partial charge in [-0.15, -0.1) is 11.3 Å². The number of amides is 2. The highest BCUT2D eigenvalue weighted by molar-refractivity contribution is 7.19. The van der Waals surface area contributed by atoms with Gasteiger partial charge in [0.05, 0.1) is 17.6 Å². The first kappa shape index (κ1) is 21.2. The smallest absolute Gasteiger partial charge is 0.341 e. The van der Waals surface area contributed by atoms with Crippen LogP contribution in [0.5, 0.6) is 0 Å². The van der Waals surface area contributed by atoms with E-state index in [2.05, 4.69) is 10.6 Å². The third-order valence-electron chi connectivity index (χ3n) is 4.35. The third-order valence-corrected chi connectivity index (χ3v) is 5.56. The van der Waals surface area contributed by atoms with Gasteiger partial charge in [-0.25, -0.2) is 9.18 Å². The number of hydrogen-bond acceptors (Lipinski definition) is 5. The van der Waals surface area contributed by atoms with E-state index in [0.29, 0.717) is 16.8 Å². The quantitative estimate of drug-likeness (QED) is 0.574. The van der Waals surface area contributed by atoms with Crippen molar-refractivity contribution < 1.29 is 23.5 Å². The minimum atomic E-state index is -0.663. The summed E-state index contributed by atoms with van der Waals surface area (Å²) in [4.78, 5) is 37.9. The highest BCUT2D eigenvalue weighted by atomic mass is 32.1. The van der Waals surface area contributed by atoms with E-state index in [1.54, 1.807) is 25.1 Å². The lowest BCUT2D eigenvalue weighted by Crippen LogP contribution is -2.14. The summed E-state index contributed by atoms with van der Waals surface area (Å²) >= 11 is 0.969. The molecule has 0 bridgehead atoms. The van der Waals surface area contributed by atoms with Crippen LogP contribution in [0.4, 0.5) is 15.1 Å². The molecule has 0 aliphatic carbocycles. The second-order valence-electron chi connectivity index (χ2n) is 6.54. The Labute approximate surface area is 176 Å². The molecule has 3 rings (SSSR count). The second kappa shape index (κ2) is 8.87. The zero-order chi connectivity index (χ0) is 21.8. The molecule has 2 N–H and O–H groups in total. The largest absolute Gasteiger partial charge is 0.465 e. The number of thiophene rings is 1. The van der Waals surface area contributed by atoms with E-state index in [9.17, 15) is 18.8 Å². The molecule has 0 spiro atoms. The van der Waals surface area contributed by atoms with Gasteiger partial charge < -0.3 is 15.4 Å². The van der Waals surface area contributed by atoms with Crippen LogP contribution in [-0.2, 0) is 4.74 Å². The van der Waals surface area contributed by atoms with Crippen LogP contribution in [0.25, 0.3) is 0 Å². The summed E-state index contributed by atoms with van der Waals surface area (Å²) < 4.78 is 17.9. The van der Waals surface area contributed by atoms with Crippen molar-refractivity contribution in [2.24, 2.45) is 0 Å². The van der Waals surface area contributed by atoms with E-state index in [1.807, 2.05) is 13.0 Å². The summed E-state index contributed by atoms with van der Waals surface area (Å²) in [6, 6.07) is 12.3. The number of hydrogen-bond donors (Lipinski definition) is 2. The van der Waals surface area contributed by atoms with Crippen LogP contribution in [0.15, 0.2) is 48.5 Å². The number of ether oxygens (including phenoxy) is 1. The van der Waals surface area contributed by atoms with Crippen molar-refractivity contribution in [2.75, 3.05) is 17.7 Å². The van der Waals surface area contributed by atoms with Crippen molar-refractivity contribution in [3.8, 4) is 0 Å². The monoisotopic (exact) mass is 426 g/mol. The first-order valence-corrected chi connectivity index (χ1v) is 9.78. The number of carbonyl (C=O) groups excluding carboxylic acids is 3. The average molecular weight is 426 g/mol. The van der Waals surface area contributed by atoms with Gasteiger partial charge in [0.2, 0.25) is 0 Å². The Balaban J connectivity index is 1.93. The van der Waals surface area contributed by atoms with Gasteiger partial charge >= 0.3 is 5.97 Å². The zero-order valence-corrected chi connectivity index (χ0v) is 17.4. The van der Waals surface area contributed by atoms with Crippen molar-refractivity contribution in [1.29, 1.82) is 0 Å². The molecule has 1 aromatic heterocycles. The highest BCUT2D eigenvalue weighted by Gasteiger charge is 2.26. The number of aryl methyl sites for hydroxylation is 1. The second-order valence-corrected chi connectivity index (χ2v) is 7.56. The van der Waals surface area contributed by atoms with E-state index in [-0.39, 0.29) is 15.4 Å². The minimum Gasteiger partial charge on any atom is -0.465 e. The number of methoxy groups -OCH3 is 1. The molecule has 0 saturated heterocycles. The maximum Gasteiger partial charge on any atom is 0.341 e. The van der Waals surface area contributed by atoms with E-state index in [1.165, 1.54) is 31.4 Å². The SMILES string of the molecule is COC(=O)c1c(NC(=O)c2cccc(C)c2)sc(C(=O)Nc2ccc(F)cc2)c1C. The topological polar surface area (TPSA) is 84.5 Å². The Hall–Kier alpha value is -3.52. The summed E-state index contributed by atoms with van der Waals surface area (Å²) in [5.41, 5.74) is 2.24. The highest BCUT2D eigenvalue weighted by Crippen LogP contribution is 2.34. The lowest BCUT2D eigenvalue weighted by molar-refractivity contribution is 0.0601. The molecular weight excluding hydrogens is 407 g/mol. The molecule has 8 heteroatoms. The van der Waals surface area contributed by atoms with Gasteiger partial charge in [0.15, 0.2) is 0 Å². The molecule has 154 valence electrons. The van der Waals surface area contributed by atoms with E-state index >= 15 is 0 Å². The summed E-state index contributed by atoms with van der Waals surface area (Å²) in [6.07, 6.45) is 0. The number of rotatable bonds is 5. The Bertz CT molecular complexity index is 1120. The van der Waals surface area contributed by atoms with E-state index in [4.69, 9.17) is 4.74 Å². The molecule has 0 aliphatic rings. The molecule has 0 atom stereocenters. The predicted molar refractivity (Wildman–Crippen MR) is 114 cm³/mol. The standard InChI is InChI=1S/C22H19FN2O4S/c1-12-5-4-6-14(11-12)19(26)25-21-17(22(28)29-3)13(2)18(30-21)20(27)24-16-9-7-15(23)8-10-16/h4-11H,1-3H3,(H,24,27)(H,25,26). The summed E-state index contributed by atoms with van der Waals surface area (Å²) in [5, 5.41) is 5.58. The Morgan fingerprint density at radius 1 is 0.967 bits per heavy atom. The van der Waals surface area contributed by atoms with Crippen LogP contribution in [0.1, 0.15) is 41.5 Å². The van der Waals surface area contributed by atoms with Crippen LogP contribution in [0, 0.1) is 19.7 Å². The van der Waals surface area contributed by atoms with Gasteiger partial charge in [0, 0.05) is 11.3 Å². The van der Waals surface area contributed by atoms with Gasteiger partial charge in [0.1, 0.15) is 10.8 Å². The zero-order valence-electron chi connectivity index (χ0n) is 16.5. The van der Waals surface area contributed by atoms with Gasteiger partial charge in [0.25, 0.3) is 11.8 Å². The van der Waals surface area contributed by atoms with Crippen LogP contribution in [0.3, 0.4) is 0 Å². The summed E-state index contributed by atoms with van der Waals surface area (Å²) in [7, 11) is 1.23. The first-order chi connectivity index (χ1) is 14.3. The normalized spacial score (nSPS) is 10.4. The van der Waals surface area contributed by atoms with Crippen LogP contribution < -0.4 is 10.6 Å². The van der Waals surface area contributed by atoms with E-state index in [0.717, 1.165) is 16.9 Å². The number of carbonyl (C=O) groups is 3. The number of halogens is 1. The number of benzene rings is 2. The third kappa shape index (κ3) is 4.55.